The number of aromatic nitrogens is 3. The molecule has 2 spiro atoms. The maximum atomic E-state index is 6.64. The Labute approximate surface area is 232 Å². The molecule has 5 aromatic rings. The molecule has 1 aliphatic carbocycles. The van der Waals surface area contributed by atoms with E-state index in [1.54, 1.807) is 0 Å². The van der Waals surface area contributed by atoms with Gasteiger partial charge in [-0.05, 0) is 47.5 Å². The third-order valence-corrected chi connectivity index (χ3v) is 10.1. The molecule has 3 atom stereocenters. The Balaban J connectivity index is 1.34. The van der Waals surface area contributed by atoms with Crippen LogP contribution < -0.4 is 38.8 Å². The molecule has 9 heteroatoms. The van der Waals surface area contributed by atoms with E-state index in [2.05, 4.69) is 50.3 Å². The minimum Gasteiger partial charge on any atom is -0.477 e. The van der Waals surface area contributed by atoms with Crippen LogP contribution in [0.1, 0.15) is 45.1 Å². The van der Waals surface area contributed by atoms with E-state index in [0.29, 0.717) is 13.5 Å². The van der Waals surface area contributed by atoms with Gasteiger partial charge in [-0.3, -0.25) is 0 Å². The molecule has 1 aromatic heterocycles. The van der Waals surface area contributed by atoms with Gasteiger partial charge in [0.1, 0.15) is 59.1 Å². The smallest absolute Gasteiger partial charge is 0.459 e. The van der Waals surface area contributed by atoms with E-state index < -0.39 is 11.3 Å². The highest BCUT2D eigenvalue weighted by molar-refractivity contribution is 5.88. The summed E-state index contributed by atoms with van der Waals surface area (Å²) >= 11 is 0. The Morgan fingerprint density at radius 1 is 0.659 bits per heavy atom. The van der Waals surface area contributed by atoms with Gasteiger partial charge >= 0.3 is 11.5 Å². The normalized spacial score (nSPS) is 25.9. The van der Waals surface area contributed by atoms with Gasteiger partial charge in [-0.2, -0.15) is 0 Å². The molecule has 6 aliphatic heterocycles. The van der Waals surface area contributed by atoms with Crippen LogP contribution in [0.4, 0.5) is 0 Å². The lowest BCUT2D eigenvalue weighted by molar-refractivity contribution is -0.914. The van der Waals surface area contributed by atoms with Crippen molar-refractivity contribution in [1.29, 1.82) is 0 Å². The second-order valence-electron chi connectivity index (χ2n) is 11.5. The van der Waals surface area contributed by atoms with Crippen molar-refractivity contribution in [3.8, 4) is 45.6 Å². The molecule has 4 aromatic carbocycles. The first-order valence-electron chi connectivity index (χ1n) is 13.9. The number of hydrogen-bond donors (Lipinski definition) is 2. The number of benzene rings is 4. The second kappa shape index (κ2) is 6.02. The summed E-state index contributed by atoms with van der Waals surface area (Å²) in [7, 11) is 0. The minimum atomic E-state index is -0.810. The SMILES string of the molecule is c1cc2c3c(c1)Oc1ccc4c5c1C3(NCO2)[n+]1ccn[n+]2c1C5c1c-4ccc3c1C21NCOc2cccc(c21)O3. The zero-order chi connectivity index (χ0) is 26.2. The monoisotopic (exact) mass is 537 g/mol. The highest BCUT2D eigenvalue weighted by atomic mass is 16.5. The molecule has 0 saturated carbocycles. The number of nitrogens with zero attached hydrogens (tertiary/aromatic N) is 3. The summed E-state index contributed by atoms with van der Waals surface area (Å²) in [5.41, 5.74) is 7.56. The molecule has 0 bridgehead atoms. The van der Waals surface area contributed by atoms with Crippen molar-refractivity contribution in [2.45, 2.75) is 17.2 Å². The van der Waals surface area contributed by atoms with Gasteiger partial charge in [0.2, 0.25) is 6.20 Å². The topological polar surface area (TPSA) is 81.6 Å². The van der Waals surface area contributed by atoms with E-state index >= 15 is 0 Å². The minimum absolute atomic E-state index is 0.0567. The van der Waals surface area contributed by atoms with Crippen LogP contribution in [-0.4, -0.2) is 18.6 Å². The summed E-state index contributed by atoms with van der Waals surface area (Å²) in [6.45, 7) is 0.701. The Bertz CT molecular complexity index is 2020. The van der Waals surface area contributed by atoms with Crippen LogP contribution in [0.2, 0.25) is 0 Å². The Kier molecular flexibility index (Phi) is 2.93. The number of hydrogen-bond acceptors (Lipinski definition) is 7. The van der Waals surface area contributed by atoms with Gasteiger partial charge in [-0.15, -0.1) is 4.57 Å². The van der Waals surface area contributed by atoms with Gasteiger partial charge in [0.15, 0.2) is 12.1 Å². The maximum absolute atomic E-state index is 6.64. The number of ether oxygens (including phenoxy) is 4. The van der Waals surface area contributed by atoms with Crippen LogP contribution >= 0.6 is 0 Å². The molecule has 2 N–H and O–H groups in total. The van der Waals surface area contributed by atoms with E-state index in [1.165, 1.54) is 22.3 Å². The van der Waals surface area contributed by atoms with E-state index in [-0.39, 0.29) is 5.92 Å². The first-order valence-corrected chi connectivity index (χ1v) is 13.9. The molecule has 12 rings (SSSR count). The van der Waals surface area contributed by atoms with Gasteiger partial charge in [-0.25, -0.2) is 10.6 Å². The Morgan fingerprint density at radius 3 is 1.90 bits per heavy atom. The van der Waals surface area contributed by atoms with E-state index in [1.807, 2.05) is 42.6 Å². The zero-order valence-electron chi connectivity index (χ0n) is 21.4. The molecule has 0 saturated heterocycles. The largest absolute Gasteiger partial charge is 0.477 e. The van der Waals surface area contributed by atoms with Crippen LogP contribution in [0.3, 0.4) is 0 Å². The van der Waals surface area contributed by atoms with E-state index in [0.717, 1.165) is 62.6 Å². The van der Waals surface area contributed by atoms with Crippen molar-refractivity contribution >= 4 is 0 Å². The zero-order valence-corrected chi connectivity index (χ0v) is 21.4. The second-order valence-corrected chi connectivity index (χ2v) is 11.5. The van der Waals surface area contributed by atoms with Crippen LogP contribution in [0, 0.1) is 0 Å². The van der Waals surface area contributed by atoms with Gasteiger partial charge < -0.3 is 18.9 Å². The first-order chi connectivity index (χ1) is 20.3. The lowest BCUT2D eigenvalue weighted by atomic mass is 9.71. The number of nitrogens with one attached hydrogen (secondary N) is 2. The van der Waals surface area contributed by atoms with Gasteiger partial charge in [0.25, 0.3) is 5.66 Å². The summed E-state index contributed by atoms with van der Waals surface area (Å²) < 4.78 is 30.2. The van der Waals surface area contributed by atoms with Crippen molar-refractivity contribution in [1.82, 2.24) is 15.7 Å². The van der Waals surface area contributed by atoms with Crippen LogP contribution in [-0.2, 0) is 11.3 Å². The molecule has 7 aliphatic rings. The highest BCUT2D eigenvalue weighted by Gasteiger charge is 2.73. The van der Waals surface area contributed by atoms with Crippen molar-refractivity contribution in [3.63, 3.8) is 0 Å². The molecule has 0 fully saturated rings. The Morgan fingerprint density at radius 2 is 1.22 bits per heavy atom. The maximum Gasteiger partial charge on any atom is 0.459 e. The average Bonchev–Trinajstić information content (AvgIpc) is 3.35. The molecular weight excluding hydrogens is 518 g/mol. The fourth-order valence-electron chi connectivity index (χ4n) is 8.83. The van der Waals surface area contributed by atoms with Crippen LogP contribution in [0.25, 0.3) is 11.1 Å². The van der Waals surface area contributed by atoms with Crippen LogP contribution in [0.15, 0.2) is 73.1 Å². The third-order valence-electron chi connectivity index (χ3n) is 10.1. The fraction of sp³-hybridized carbons (Fsp3) is 0.156. The van der Waals surface area contributed by atoms with Gasteiger partial charge in [-0.1, -0.05) is 24.3 Å². The first kappa shape index (κ1) is 20.0. The molecule has 3 unspecified atom stereocenters. The molecule has 0 radical (unpaired) electrons. The molecule has 9 nitrogen and oxygen atoms in total. The predicted octanol–water partition coefficient (Wildman–Crippen LogP) is 3.03. The molecular formula is C32H19N5O4+2. The lowest BCUT2D eigenvalue weighted by Crippen LogP contribution is -2.82. The fourth-order valence-corrected chi connectivity index (χ4v) is 8.83. The van der Waals surface area contributed by atoms with Gasteiger partial charge in [0.05, 0.1) is 11.1 Å². The van der Waals surface area contributed by atoms with Crippen LogP contribution in [0.5, 0.6) is 34.5 Å². The number of rotatable bonds is 0. The van der Waals surface area contributed by atoms with Crippen molar-refractivity contribution in [2.24, 2.45) is 0 Å². The predicted molar refractivity (Wildman–Crippen MR) is 140 cm³/mol. The summed E-state index contributed by atoms with van der Waals surface area (Å²) in [6.07, 6.45) is 4.00. The standard InChI is InChI=1S/C32H19N5O4/c1-3-17-26-19(5-1)40-21-9-7-15-16-8-10-22-29-24(16)25-23(15)28(21)31(26,33-13-38-17)36-12-11-35-37(30(25)36)32(29)27-18(39-14-34-32)4-2-6-20(27)41-22/h1-12,25,33-34H,13-14H2/q+2. The molecule has 41 heavy (non-hydrogen) atoms. The third kappa shape index (κ3) is 1.81. The Hall–Kier alpha value is -4.99. The quantitative estimate of drug-likeness (QED) is 0.289. The summed E-state index contributed by atoms with van der Waals surface area (Å²) in [5.74, 6) is 5.91. The van der Waals surface area contributed by atoms with E-state index in [4.69, 9.17) is 24.0 Å². The summed E-state index contributed by atoms with van der Waals surface area (Å²) in [5, 5.41) is 12.8. The summed E-state index contributed by atoms with van der Waals surface area (Å²) in [6, 6.07) is 20.7. The lowest BCUT2D eigenvalue weighted by Gasteiger charge is -2.45. The van der Waals surface area contributed by atoms with Crippen molar-refractivity contribution in [3.05, 3.63) is 112 Å². The molecule has 194 valence electrons. The highest BCUT2D eigenvalue weighted by Crippen LogP contribution is 2.65. The molecule has 0 amide bonds. The van der Waals surface area contributed by atoms with Crippen molar-refractivity contribution in [2.75, 3.05) is 13.5 Å². The molecule has 7 heterocycles. The summed E-state index contributed by atoms with van der Waals surface area (Å²) in [4.78, 5) is 0. The van der Waals surface area contributed by atoms with E-state index in [9.17, 15) is 0 Å². The van der Waals surface area contributed by atoms with Gasteiger partial charge in [0, 0.05) is 20.9 Å². The van der Waals surface area contributed by atoms with Crippen molar-refractivity contribution < 1.29 is 28.2 Å². The average molecular weight is 538 g/mol. The number of fused-ring (bicyclic) bond motifs is 1.